The molecule has 1 rings (SSSR count). The summed E-state index contributed by atoms with van der Waals surface area (Å²) in [6.45, 7) is 5.42. The van der Waals surface area contributed by atoms with Crippen molar-refractivity contribution in [2.75, 3.05) is 25.4 Å². The zero-order valence-corrected chi connectivity index (χ0v) is 14.8. The molecule has 1 heterocycles. The highest BCUT2D eigenvalue weighted by Gasteiger charge is 2.52. The van der Waals surface area contributed by atoms with E-state index in [1.807, 2.05) is 0 Å². The summed E-state index contributed by atoms with van der Waals surface area (Å²) in [5.74, 6) is -0.867. The molecule has 9 heteroatoms. The second-order valence-electron chi connectivity index (χ2n) is 6.27. The Labute approximate surface area is 135 Å². The van der Waals surface area contributed by atoms with Gasteiger partial charge < -0.3 is 14.4 Å². The van der Waals surface area contributed by atoms with E-state index in [9.17, 15) is 18.0 Å². The first-order valence-electron chi connectivity index (χ1n) is 6.84. The Kier molecular flexibility index (Phi) is 5.72. The van der Waals surface area contributed by atoms with Gasteiger partial charge in [-0.05, 0) is 33.6 Å². The van der Waals surface area contributed by atoms with E-state index in [0.29, 0.717) is 0 Å². The minimum Gasteiger partial charge on any atom is -0.448 e. The number of nitrogens with zero attached hydrogens (tertiary/aromatic N) is 1. The third-order valence-corrected chi connectivity index (χ3v) is 5.59. The van der Waals surface area contributed by atoms with E-state index < -0.39 is 38.3 Å². The van der Waals surface area contributed by atoms with Crippen molar-refractivity contribution in [3.63, 3.8) is 0 Å². The van der Waals surface area contributed by atoms with E-state index in [2.05, 4.69) is 0 Å². The molecule has 1 saturated heterocycles. The van der Waals surface area contributed by atoms with E-state index in [1.165, 1.54) is 4.90 Å². The van der Waals surface area contributed by atoms with Crippen LogP contribution in [-0.4, -0.2) is 61.1 Å². The molecular formula is C13H22ClNO6S. The van der Waals surface area contributed by atoms with Gasteiger partial charge in [-0.2, -0.15) is 0 Å². The van der Waals surface area contributed by atoms with E-state index in [1.54, 1.807) is 20.8 Å². The lowest BCUT2D eigenvalue weighted by Crippen LogP contribution is -2.56. The number of likely N-dealkylation sites (tertiary alicyclic amines) is 1. The molecule has 22 heavy (non-hydrogen) atoms. The second-order valence-corrected chi connectivity index (χ2v) is 8.82. The van der Waals surface area contributed by atoms with Crippen molar-refractivity contribution in [1.29, 1.82) is 0 Å². The van der Waals surface area contributed by atoms with Crippen LogP contribution >= 0.6 is 11.6 Å². The maximum atomic E-state index is 12.1. The number of ether oxygens (including phenoxy) is 2. The van der Waals surface area contributed by atoms with E-state index >= 15 is 0 Å². The number of piperidine rings is 1. The zero-order valence-electron chi connectivity index (χ0n) is 13.2. The average Bonchev–Trinajstić information content (AvgIpc) is 2.35. The van der Waals surface area contributed by atoms with Crippen LogP contribution in [0.25, 0.3) is 0 Å². The maximum Gasteiger partial charge on any atom is 0.410 e. The number of carbonyl (C=O) groups is 2. The van der Waals surface area contributed by atoms with Crippen LogP contribution in [0.1, 0.15) is 33.6 Å². The van der Waals surface area contributed by atoms with E-state index in [4.69, 9.17) is 21.1 Å². The van der Waals surface area contributed by atoms with Gasteiger partial charge in [-0.3, -0.25) is 4.79 Å². The van der Waals surface area contributed by atoms with Gasteiger partial charge in [-0.15, -0.1) is 0 Å². The Hall–Kier alpha value is -1.02. The van der Waals surface area contributed by atoms with Gasteiger partial charge in [0.1, 0.15) is 5.60 Å². The lowest BCUT2D eigenvalue weighted by Gasteiger charge is -2.38. The molecular weight excluding hydrogens is 334 g/mol. The molecule has 128 valence electrons. The van der Waals surface area contributed by atoms with Gasteiger partial charge >= 0.3 is 12.1 Å². The van der Waals surface area contributed by atoms with Gasteiger partial charge in [-0.1, -0.05) is 11.6 Å². The predicted molar refractivity (Wildman–Crippen MR) is 81.4 cm³/mol. The fourth-order valence-corrected chi connectivity index (χ4v) is 3.67. The standard InChI is InChI=1S/C13H22ClNO6S/c1-12(2,3)21-11(17)15-7-5-13(6-8-15,22(4,18)19)10(16)20-9-14/h5-9H2,1-4H3. The fourth-order valence-electron chi connectivity index (χ4n) is 2.28. The number of hydrogen-bond acceptors (Lipinski definition) is 6. The first-order valence-corrected chi connectivity index (χ1v) is 9.26. The molecule has 1 aliphatic heterocycles. The number of sulfone groups is 1. The fraction of sp³-hybridized carbons (Fsp3) is 0.846. The summed E-state index contributed by atoms with van der Waals surface area (Å²) in [5, 5.41) is 0. The first-order chi connectivity index (χ1) is 9.93. The molecule has 0 spiro atoms. The lowest BCUT2D eigenvalue weighted by molar-refractivity contribution is -0.146. The third kappa shape index (κ3) is 4.25. The molecule has 0 unspecified atom stereocenters. The molecule has 1 amide bonds. The van der Waals surface area contributed by atoms with Gasteiger partial charge in [0.15, 0.2) is 20.7 Å². The van der Waals surface area contributed by atoms with Gasteiger partial charge in [-0.25, -0.2) is 13.2 Å². The van der Waals surface area contributed by atoms with Crippen molar-refractivity contribution >= 4 is 33.5 Å². The number of halogens is 1. The lowest BCUT2D eigenvalue weighted by atomic mass is 9.96. The molecule has 0 bridgehead atoms. The number of carbonyl (C=O) groups excluding carboxylic acids is 2. The minimum absolute atomic E-state index is 0.0409. The van der Waals surface area contributed by atoms with Crippen molar-refractivity contribution in [1.82, 2.24) is 4.90 Å². The Morgan fingerprint density at radius 2 is 1.73 bits per heavy atom. The van der Waals surface area contributed by atoms with Crippen LogP contribution in [0.5, 0.6) is 0 Å². The first kappa shape index (κ1) is 19.0. The molecule has 0 saturated carbocycles. The van der Waals surface area contributed by atoms with Crippen molar-refractivity contribution in [2.24, 2.45) is 0 Å². The molecule has 7 nitrogen and oxygen atoms in total. The molecule has 1 aliphatic rings. The molecule has 0 aromatic carbocycles. The second kappa shape index (κ2) is 6.62. The van der Waals surface area contributed by atoms with Crippen LogP contribution in [0.2, 0.25) is 0 Å². The summed E-state index contributed by atoms with van der Waals surface area (Å²) in [6.07, 6.45) is 0.382. The van der Waals surface area contributed by atoms with Crippen LogP contribution in [0.4, 0.5) is 4.79 Å². The van der Waals surface area contributed by atoms with E-state index in [-0.39, 0.29) is 25.9 Å². The molecule has 0 aromatic rings. The van der Waals surface area contributed by atoms with Crippen LogP contribution in [0.3, 0.4) is 0 Å². The van der Waals surface area contributed by atoms with Crippen LogP contribution < -0.4 is 0 Å². The summed E-state index contributed by atoms with van der Waals surface area (Å²) in [4.78, 5) is 25.4. The number of amides is 1. The topological polar surface area (TPSA) is 90.0 Å². The van der Waals surface area contributed by atoms with Gasteiger partial charge in [0, 0.05) is 19.3 Å². The summed E-state index contributed by atoms with van der Waals surface area (Å²) < 4.78 is 32.4. The summed E-state index contributed by atoms with van der Waals surface area (Å²) in [6, 6.07) is -0.411. The van der Waals surface area contributed by atoms with Crippen LogP contribution in [0, 0.1) is 0 Å². The van der Waals surface area contributed by atoms with Gasteiger partial charge in [0.05, 0.1) is 0 Å². The molecule has 0 radical (unpaired) electrons. The molecule has 0 aliphatic carbocycles. The summed E-state index contributed by atoms with van der Waals surface area (Å²) >= 11 is 5.36. The SMILES string of the molecule is CC(C)(C)OC(=O)N1CCC(C(=O)OCCl)(S(C)(=O)=O)CC1. The predicted octanol–water partition coefficient (Wildman–Crippen LogP) is 1.54. The highest BCUT2D eigenvalue weighted by atomic mass is 35.5. The molecule has 0 N–H and O–H groups in total. The number of hydrogen-bond donors (Lipinski definition) is 0. The Bertz CT molecular complexity index is 531. The largest absolute Gasteiger partial charge is 0.448 e. The quantitative estimate of drug-likeness (QED) is 0.563. The Morgan fingerprint density at radius 3 is 2.09 bits per heavy atom. The van der Waals surface area contributed by atoms with Crippen LogP contribution in [0.15, 0.2) is 0 Å². The Balaban J connectivity index is 2.87. The summed E-state index contributed by atoms with van der Waals surface area (Å²) in [7, 11) is -3.71. The monoisotopic (exact) mass is 355 g/mol. The van der Waals surface area contributed by atoms with Crippen molar-refractivity contribution < 1.29 is 27.5 Å². The molecule has 0 atom stereocenters. The van der Waals surface area contributed by atoms with Gasteiger partial charge in [0.25, 0.3) is 0 Å². The van der Waals surface area contributed by atoms with Crippen LogP contribution in [-0.2, 0) is 24.1 Å². The average molecular weight is 356 g/mol. The van der Waals surface area contributed by atoms with Crippen molar-refractivity contribution in [3.8, 4) is 0 Å². The van der Waals surface area contributed by atoms with Crippen molar-refractivity contribution in [2.45, 2.75) is 44.0 Å². The number of rotatable bonds is 3. The van der Waals surface area contributed by atoms with Crippen molar-refractivity contribution in [3.05, 3.63) is 0 Å². The number of esters is 1. The minimum atomic E-state index is -3.71. The highest BCUT2D eigenvalue weighted by molar-refractivity contribution is 7.92. The summed E-state index contributed by atoms with van der Waals surface area (Å²) in [5.41, 5.74) is -0.639. The molecule has 0 aromatic heterocycles. The highest BCUT2D eigenvalue weighted by Crippen LogP contribution is 2.32. The third-order valence-electron chi connectivity index (χ3n) is 3.49. The zero-order chi connectivity index (χ0) is 17.2. The normalized spacial score (nSPS) is 18.7. The maximum absolute atomic E-state index is 12.1. The molecule has 1 fully saturated rings. The van der Waals surface area contributed by atoms with E-state index in [0.717, 1.165) is 6.26 Å². The Morgan fingerprint density at radius 1 is 1.23 bits per heavy atom. The number of alkyl halides is 1. The van der Waals surface area contributed by atoms with Gasteiger partial charge in [0.2, 0.25) is 0 Å². The smallest absolute Gasteiger partial charge is 0.410 e.